The number of hydrogen-bond donors (Lipinski definition) is 2. The van der Waals surface area contributed by atoms with Crippen LogP contribution in [0.1, 0.15) is 25.8 Å². The van der Waals surface area contributed by atoms with E-state index in [9.17, 15) is 0 Å². The molecule has 0 bridgehead atoms. The zero-order valence-corrected chi connectivity index (χ0v) is 12.8. The minimum Gasteiger partial charge on any atom is -0.384 e. The van der Waals surface area contributed by atoms with Gasteiger partial charge in [0, 0.05) is 11.8 Å². The fraction of sp³-hybridized carbons (Fsp3) is 0.222. The lowest BCUT2D eigenvalue weighted by atomic mass is 10.0. The number of nitrogens with two attached hydrogens (primary N) is 1. The maximum absolute atomic E-state index is 5.93. The Balaban J connectivity index is 2.78. The van der Waals surface area contributed by atoms with Gasteiger partial charge in [0.25, 0.3) is 0 Å². The molecule has 110 valence electrons. The van der Waals surface area contributed by atoms with Gasteiger partial charge in [-0.15, -0.1) is 5.73 Å². The normalized spacial score (nSPS) is 14.0. The van der Waals surface area contributed by atoms with Crippen molar-refractivity contribution in [1.82, 2.24) is 4.98 Å². The number of rotatable bonds is 7. The number of aromatic nitrogens is 1. The summed E-state index contributed by atoms with van der Waals surface area (Å²) in [6, 6.07) is 1.91. The van der Waals surface area contributed by atoms with E-state index in [-0.39, 0.29) is 0 Å². The Morgan fingerprint density at radius 3 is 2.90 bits per heavy atom. The van der Waals surface area contributed by atoms with Crippen molar-refractivity contribution in [2.24, 2.45) is 16.6 Å². The minimum absolute atomic E-state index is 0.396. The van der Waals surface area contributed by atoms with E-state index in [4.69, 9.17) is 5.73 Å². The molecule has 3 nitrogen and oxygen atoms in total. The highest BCUT2D eigenvalue weighted by Gasteiger charge is 2.00. The number of aliphatic imine (C=N–C) groups is 1. The Bertz CT molecular complexity index is 608. The number of aromatic amines is 1. The number of nitrogens with one attached hydrogen (secondary N) is 1. The lowest BCUT2D eigenvalue weighted by molar-refractivity contribution is 0.727. The predicted octanol–water partition coefficient (Wildman–Crippen LogP) is 4.52. The molecular weight excluding hydrogens is 258 g/mol. The van der Waals surface area contributed by atoms with Gasteiger partial charge < -0.3 is 10.7 Å². The highest BCUT2D eigenvalue weighted by molar-refractivity contribution is 5.94. The van der Waals surface area contributed by atoms with Gasteiger partial charge >= 0.3 is 0 Å². The van der Waals surface area contributed by atoms with Crippen molar-refractivity contribution in [2.75, 3.05) is 0 Å². The number of hydrogen-bond acceptors (Lipinski definition) is 1. The first kappa shape index (κ1) is 16.5. The maximum Gasteiger partial charge on any atom is 0.139 e. The average Bonchev–Trinajstić information content (AvgIpc) is 2.90. The van der Waals surface area contributed by atoms with Crippen LogP contribution in [0.4, 0.5) is 5.82 Å². The van der Waals surface area contributed by atoms with Crippen molar-refractivity contribution in [3.8, 4) is 0 Å². The second-order valence-electron chi connectivity index (χ2n) is 4.77. The molecule has 0 aromatic carbocycles. The third kappa shape index (κ3) is 5.55. The summed E-state index contributed by atoms with van der Waals surface area (Å²) in [6.07, 6.45) is 12.3. The van der Waals surface area contributed by atoms with E-state index in [2.05, 4.69) is 41.9 Å². The number of H-pyrrole nitrogens is 1. The van der Waals surface area contributed by atoms with Gasteiger partial charge in [-0.25, -0.2) is 4.99 Å². The van der Waals surface area contributed by atoms with Crippen LogP contribution in [0.15, 0.2) is 66.0 Å². The Morgan fingerprint density at radius 2 is 2.29 bits per heavy atom. The standard InChI is InChI=1S/C18H23N3/c1-5-8-14(4)13-15(6-2)9-10-17(19)21-18-16(7-3)11-12-20-18/h6-12,14,20H,1,3,13H2,2,4H3,(H2,19,21)/b10-9-,15-6+. The molecule has 1 atom stereocenters. The van der Waals surface area contributed by atoms with Crippen molar-refractivity contribution in [3.63, 3.8) is 0 Å². The highest BCUT2D eigenvalue weighted by atomic mass is 15.0. The predicted molar refractivity (Wildman–Crippen MR) is 92.6 cm³/mol. The zero-order chi connectivity index (χ0) is 15.7. The monoisotopic (exact) mass is 281 g/mol. The van der Waals surface area contributed by atoms with Crippen LogP contribution >= 0.6 is 0 Å². The van der Waals surface area contributed by atoms with Crippen molar-refractivity contribution < 1.29 is 0 Å². The molecule has 1 rings (SSSR count). The topological polar surface area (TPSA) is 54.2 Å². The van der Waals surface area contributed by atoms with Crippen LogP contribution in [0, 0.1) is 5.92 Å². The summed E-state index contributed by atoms with van der Waals surface area (Å²) < 4.78 is 0. The second kappa shape index (κ2) is 8.62. The van der Waals surface area contributed by atoms with Gasteiger partial charge in [0.05, 0.1) is 0 Å². The fourth-order valence-electron chi connectivity index (χ4n) is 1.91. The first-order chi connectivity index (χ1) is 10.1. The minimum atomic E-state index is 0.396. The van der Waals surface area contributed by atoms with Crippen LogP contribution in [0.3, 0.4) is 0 Å². The van der Waals surface area contributed by atoms with Crippen molar-refractivity contribution in [2.45, 2.75) is 20.3 Å². The first-order valence-electron chi connectivity index (χ1n) is 6.93. The van der Waals surface area contributed by atoms with E-state index in [1.54, 1.807) is 6.08 Å². The zero-order valence-electron chi connectivity index (χ0n) is 12.8. The Kier molecular flexibility index (Phi) is 6.79. The van der Waals surface area contributed by atoms with Crippen molar-refractivity contribution in [1.29, 1.82) is 0 Å². The summed E-state index contributed by atoms with van der Waals surface area (Å²) in [5.41, 5.74) is 10.9. The molecule has 0 aliphatic heterocycles. The molecule has 3 N–H and O–H groups in total. The van der Waals surface area contributed by atoms with E-state index in [1.165, 1.54) is 5.57 Å². The quantitative estimate of drug-likeness (QED) is 0.328. The second-order valence-corrected chi connectivity index (χ2v) is 4.77. The van der Waals surface area contributed by atoms with Crippen LogP contribution in [-0.2, 0) is 0 Å². The molecule has 0 spiro atoms. The molecule has 1 aromatic heterocycles. The van der Waals surface area contributed by atoms with Crippen LogP contribution < -0.4 is 5.73 Å². The molecule has 0 saturated heterocycles. The molecule has 1 aromatic rings. The number of allylic oxidation sites excluding steroid dienone is 4. The summed E-state index contributed by atoms with van der Waals surface area (Å²) in [6.45, 7) is 11.5. The summed E-state index contributed by atoms with van der Waals surface area (Å²) in [4.78, 5) is 7.37. The van der Waals surface area contributed by atoms with E-state index >= 15 is 0 Å². The summed E-state index contributed by atoms with van der Waals surface area (Å²) in [5, 5.41) is 0. The van der Waals surface area contributed by atoms with Gasteiger partial charge in [0.15, 0.2) is 0 Å². The van der Waals surface area contributed by atoms with Crippen molar-refractivity contribution >= 4 is 17.7 Å². The summed E-state index contributed by atoms with van der Waals surface area (Å²) in [5.74, 6) is 1.57. The molecule has 1 heterocycles. The van der Waals surface area contributed by atoms with Gasteiger partial charge in [-0.1, -0.05) is 43.9 Å². The van der Waals surface area contributed by atoms with E-state index < -0.39 is 0 Å². The average molecular weight is 281 g/mol. The Hall–Kier alpha value is -2.51. The third-order valence-electron chi connectivity index (χ3n) is 3.02. The van der Waals surface area contributed by atoms with Gasteiger partial charge in [-0.05, 0) is 37.5 Å². The molecule has 0 amide bonds. The number of nitrogens with zero attached hydrogens (tertiary/aromatic N) is 1. The Morgan fingerprint density at radius 1 is 1.52 bits per heavy atom. The van der Waals surface area contributed by atoms with Crippen LogP contribution in [0.25, 0.3) is 6.08 Å². The molecule has 21 heavy (non-hydrogen) atoms. The highest BCUT2D eigenvalue weighted by Crippen LogP contribution is 2.18. The summed E-state index contributed by atoms with van der Waals surface area (Å²) in [7, 11) is 0. The lowest BCUT2D eigenvalue weighted by Gasteiger charge is -2.05. The van der Waals surface area contributed by atoms with E-state index in [0.717, 1.165) is 17.8 Å². The van der Waals surface area contributed by atoms with Crippen molar-refractivity contribution in [3.05, 3.63) is 66.6 Å². The molecule has 0 fully saturated rings. The molecule has 0 radical (unpaired) electrons. The lowest BCUT2D eigenvalue weighted by Crippen LogP contribution is -2.07. The van der Waals surface area contributed by atoms with Gasteiger partial charge in [0.1, 0.15) is 11.7 Å². The first-order valence-corrected chi connectivity index (χ1v) is 6.93. The molecule has 0 aliphatic rings. The molecule has 0 aliphatic carbocycles. The SMILES string of the molecule is C=C=CC(C)CC(/C=C\C(N)=Nc1[nH]ccc1C=C)=C/C. The summed E-state index contributed by atoms with van der Waals surface area (Å²) >= 11 is 0. The molecule has 1 unspecified atom stereocenters. The van der Waals surface area contributed by atoms with Crippen LogP contribution in [0.2, 0.25) is 0 Å². The Labute approximate surface area is 127 Å². The number of amidine groups is 1. The maximum atomic E-state index is 5.93. The molecule has 0 saturated carbocycles. The van der Waals surface area contributed by atoms with Crippen LogP contribution in [-0.4, -0.2) is 10.8 Å². The van der Waals surface area contributed by atoms with Gasteiger partial charge in [-0.2, -0.15) is 0 Å². The fourth-order valence-corrected chi connectivity index (χ4v) is 1.91. The van der Waals surface area contributed by atoms with Crippen LogP contribution in [0.5, 0.6) is 0 Å². The van der Waals surface area contributed by atoms with E-state index in [0.29, 0.717) is 11.8 Å². The third-order valence-corrected chi connectivity index (χ3v) is 3.02. The largest absolute Gasteiger partial charge is 0.384 e. The molecular formula is C18H23N3. The van der Waals surface area contributed by atoms with E-state index in [1.807, 2.05) is 37.4 Å². The smallest absolute Gasteiger partial charge is 0.139 e. The molecule has 3 heteroatoms. The van der Waals surface area contributed by atoms with Gasteiger partial charge in [0.2, 0.25) is 0 Å². The van der Waals surface area contributed by atoms with Gasteiger partial charge in [-0.3, -0.25) is 0 Å².